The Kier molecular flexibility index (Phi) is 7.24. The van der Waals surface area contributed by atoms with E-state index in [-0.39, 0.29) is 5.83 Å². The molecule has 0 amide bonds. The lowest BCUT2D eigenvalue weighted by Gasteiger charge is -2.28. The molecule has 7 nitrogen and oxygen atoms in total. The van der Waals surface area contributed by atoms with Crippen LogP contribution in [0, 0.1) is 6.92 Å². The molecule has 1 aliphatic carbocycles. The van der Waals surface area contributed by atoms with Gasteiger partial charge in [0.2, 0.25) is 0 Å². The number of allylic oxidation sites excluding steroid dienone is 6. The molecule has 0 bridgehead atoms. The molecule has 38 heavy (non-hydrogen) atoms. The summed E-state index contributed by atoms with van der Waals surface area (Å²) in [6.45, 7) is 10.6. The van der Waals surface area contributed by atoms with Crippen molar-refractivity contribution in [3.8, 4) is 16.9 Å². The molecule has 8 heteroatoms. The second-order valence-electron chi connectivity index (χ2n) is 9.89. The zero-order valence-corrected chi connectivity index (χ0v) is 22.4. The molecule has 0 saturated heterocycles. The van der Waals surface area contributed by atoms with Crippen molar-refractivity contribution in [1.29, 1.82) is 0 Å². The zero-order chi connectivity index (χ0) is 26.8. The maximum absolute atomic E-state index is 14.5. The number of imidazole rings is 1. The first-order valence-electron chi connectivity index (χ1n) is 12.8. The van der Waals surface area contributed by atoms with Gasteiger partial charge in [-0.2, -0.15) is 0 Å². The third-order valence-electron chi connectivity index (χ3n) is 6.59. The number of nitrogens with one attached hydrogen (secondary N) is 1. The lowest BCUT2D eigenvalue weighted by Crippen LogP contribution is -2.27. The van der Waals surface area contributed by atoms with E-state index in [4.69, 9.17) is 9.73 Å². The number of rotatable bonds is 6. The first-order valence-corrected chi connectivity index (χ1v) is 12.8. The molecule has 0 radical (unpaired) electrons. The summed E-state index contributed by atoms with van der Waals surface area (Å²) in [4.78, 5) is 21.2. The number of pyridine rings is 1. The van der Waals surface area contributed by atoms with E-state index >= 15 is 0 Å². The van der Waals surface area contributed by atoms with E-state index < -0.39 is 0 Å². The second kappa shape index (κ2) is 10.8. The van der Waals surface area contributed by atoms with Gasteiger partial charge in [-0.15, -0.1) is 0 Å². The van der Waals surface area contributed by atoms with Crippen molar-refractivity contribution in [2.24, 2.45) is 4.99 Å². The van der Waals surface area contributed by atoms with Gasteiger partial charge in [-0.3, -0.25) is 4.99 Å². The van der Waals surface area contributed by atoms with Crippen LogP contribution in [0.1, 0.15) is 24.7 Å². The molecule has 0 unspecified atom stereocenters. The Bertz CT molecular complexity index is 1510. The molecule has 0 fully saturated rings. The van der Waals surface area contributed by atoms with Crippen LogP contribution in [0.15, 0.2) is 83.1 Å². The number of hydrogen-bond donors (Lipinski definition) is 1. The highest BCUT2D eigenvalue weighted by molar-refractivity contribution is 6.12. The Morgan fingerprint density at radius 1 is 1.24 bits per heavy atom. The predicted octanol–water partition coefficient (Wildman–Crippen LogP) is 5.73. The molecule has 1 N–H and O–H groups in total. The summed E-state index contributed by atoms with van der Waals surface area (Å²) >= 11 is 0. The molecule has 2 aliphatic rings. The molecule has 0 saturated carbocycles. The van der Waals surface area contributed by atoms with Crippen LogP contribution in [0.3, 0.4) is 0 Å². The fourth-order valence-electron chi connectivity index (χ4n) is 4.97. The number of H-pyrrole nitrogens is 1. The Morgan fingerprint density at radius 2 is 2.08 bits per heavy atom. The van der Waals surface area contributed by atoms with Crippen LogP contribution in [0.2, 0.25) is 0 Å². The van der Waals surface area contributed by atoms with E-state index in [1.165, 1.54) is 6.08 Å². The van der Waals surface area contributed by atoms with Gasteiger partial charge in [-0.1, -0.05) is 19.6 Å². The number of ether oxygens (including phenoxy) is 1. The molecular weight excluding hydrogens is 479 g/mol. The Hall–Kier alpha value is -4.04. The van der Waals surface area contributed by atoms with Crippen LogP contribution in [0.25, 0.3) is 22.3 Å². The molecule has 3 heterocycles. The van der Waals surface area contributed by atoms with Crippen molar-refractivity contribution in [3.05, 3.63) is 89.5 Å². The fourth-order valence-corrected chi connectivity index (χ4v) is 4.97. The Labute approximate surface area is 222 Å². The van der Waals surface area contributed by atoms with E-state index in [9.17, 15) is 4.39 Å². The smallest absolute Gasteiger partial charge is 0.177 e. The average molecular weight is 513 g/mol. The summed E-state index contributed by atoms with van der Waals surface area (Å²) in [6, 6.07) is 8.31. The summed E-state index contributed by atoms with van der Waals surface area (Å²) in [6.07, 6.45) is 7.35. The van der Waals surface area contributed by atoms with Gasteiger partial charge in [-0.25, -0.2) is 14.4 Å². The lowest BCUT2D eigenvalue weighted by atomic mass is 9.99. The van der Waals surface area contributed by atoms with Gasteiger partial charge in [0.15, 0.2) is 5.65 Å². The third-order valence-corrected chi connectivity index (χ3v) is 6.59. The quantitative estimate of drug-likeness (QED) is 0.457. The fraction of sp³-hybridized carbons (Fsp3) is 0.300. The van der Waals surface area contributed by atoms with Crippen LogP contribution in [0.4, 0.5) is 4.39 Å². The summed E-state index contributed by atoms with van der Waals surface area (Å²) in [7, 11) is 3.95. The van der Waals surface area contributed by atoms with Crippen LogP contribution in [-0.4, -0.2) is 64.3 Å². The van der Waals surface area contributed by atoms with Crippen molar-refractivity contribution in [1.82, 2.24) is 24.8 Å². The van der Waals surface area contributed by atoms with Crippen molar-refractivity contribution in [3.63, 3.8) is 0 Å². The topological polar surface area (TPSA) is 69.6 Å². The van der Waals surface area contributed by atoms with Gasteiger partial charge < -0.3 is 19.5 Å². The summed E-state index contributed by atoms with van der Waals surface area (Å²) in [5.41, 5.74) is 8.01. The molecule has 0 atom stereocenters. The number of aryl methyl sites for hydroxylation is 1. The van der Waals surface area contributed by atoms with Crippen molar-refractivity contribution in [2.45, 2.75) is 26.8 Å². The summed E-state index contributed by atoms with van der Waals surface area (Å²) < 4.78 is 20.6. The minimum atomic E-state index is -0.284. The second-order valence-corrected chi connectivity index (χ2v) is 9.89. The van der Waals surface area contributed by atoms with E-state index in [0.717, 1.165) is 62.9 Å². The van der Waals surface area contributed by atoms with Crippen LogP contribution in [-0.2, 0) is 6.54 Å². The molecular formula is C30H33FN6O. The minimum Gasteiger partial charge on any atom is -0.491 e. The molecule has 1 aliphatic heterocycles. The van der Waals surface area contributed by atoms with Crippen LogP contribution >= 0.6 is 0 Å². The first-order chi connectivity index (χ1) is 18.3. The number of fused-ring (bicyclic) bond motifs is 2. The van der Waals surface area contributed by atoms with Crippen molar-refractivity contribution in [2.75, 3.05) is 33.8 Å². The van der Waals surface area contributed by atoms with E-state index in [1.807, 2.05) is 38.2 Å². The number of hydrogen-bond acceptors (Lipinski definition) is 6. The number of aromatic amines is 1. The van der Waals surface area contributed by atoms with Crippen LogP contribution in [0.5, 0.6) is 5.75 Å². The Balaban J connectivity index is 1.50. The number of benzene rings is 1. The highest BCUT2D eigenvalue weighted by Gasteiger charge is 2.22. The van der Waals surface area contributed by atoms with Gasteiger partial charge in [0, 0.05) is 47.4 Å². The number of nitrogens with zero attached hydrogens (tertiary/aromatic N) is 5. The molecule has 3 aromatic rings. The standard InChI is InChI=1S/C30H33FN6O/c1-6-28(25-15-24(31)8-9-26(25)33-19(2)17-36(4)5)37-11-12-38-29-10-7-21(13-23(29)18-37)22-14-27-30(32-16-22)35-20(3)34-27/h7-10,13-16H,2,6,11-12,17-18H2,1,3-5H3,(H,32,34,35)/b28-25+,33-26-. The molecule has 0 spiro atoms. The van der Waals surface area contributed by atoms with Crippen molar-refractivity contribution >= 4 is 16.9 Å². The van der Waals surface area contributed by atoms with E-state index in [1.54, 1.807) is 12.2 Å². The number of aliphatic imine (C=N–C) groups is 1. The van der Waals surface area contributed by atoms with E-state index in [2.05, 4.69) is 51.6 Å². The van der Waals surface area contributed by atoms with Crippen LogP contribution < -0.4 is 4.74 Å². The molecule has 196 valence electrons. The zero-order valence-electron chi connectivity index (χ0n) is 22.4. The SMILES string of the molecule is C=C(CN(C)C)/N=C1/C=CC(F)=C/C1=C(/CC)N1CCOc2ccc(-c3cnc4nc(C)[nH]c4c3)cc2C1. The van der Waals surface area contributed by atoms with Gasteiger partial charge >= 0.3 is 0 Å². The number of likely N-dealkylation sites (N-methyl/N-ethyl adjacent to an activating group) is 1. The Morgan fingerprint density at radius 3 is 2.87 bits per heavy atom. The first kappa shape index (κ1) is 25.6. The van der Waals surface area contributed by atoms with E-state index in [0.29, 0.717) is 31.9 Å². The normalized spacial score (nSPS) is 17.9. The predicted molar refractivity (Wildman–Crippen MR) is 151 cm³/mol. The molecule has 5 rings (SSSR count). The van der Waals surface area contributed by atoms with Gasteiger partial charge in [0.1, 0.15) is 24.0 Å². The largest absolute Gasteiger partial charge is 0.491 e. The van der Waals surface area contributed by atoms with Crippen molar-refractivity contribution < 1.29 is 9.13 Å². The maximum atomic E-state index is 14.5. The number of aromatic nitrogens is 3. The summed E-state index contributed by atoms with van der Waals surface area (Å²) in [5, 5.41) is 0. The molecule has 1 aromatic carbocycles. The highest BCUT2D eigenvalue weighted by atomic mass is 19.1. The lowest BCUT2D eigenvalue weighted by molar-refractivity contribution is 0.259. The third kappa shape index (κ3) is 5.45. The summed E-state index contributed by atoms with van der Waals surface area (Å²) in [5.74, 6) is 1.42. The van der Waals surface area contributed by atoms with Gasteiger partial charge in [0.25, 0.3) is 0 Å². The maximum Gasteiger partial charge on any atom is 0.177 e. The number of halogens is 1. The average Bonchev–Trinajstić information content (AvgIpc) is 3.12. The van der Waals surface area contributed by atoms with Gasteiger partial charge in [-0.05, 0) is 69.4 Å². The van der Waals surface area contributed by atoms with Gasteiger partial charge in [0.05, 0.1) is 17.8 Å². The minimum absolute atomic E-state index is 0.284. The molecule has 2 aromatic heterocycles. The monoisotopic (exact) mass is 512 g/mol. The highest BCUT2D eigenvalue weighted by Crippen LogP contribution is 2.33.